The lowest BCUT2D eigenvalue weighted by atomic mass is 9.99. The van der Waals surface area contributed by atoms with E-state index in [0.717, 1.165) is 12.3 Å². The van der Waals surface area contributed by atoms with Gasteiger partial charge in [-0.15, -0.1) is 0 Å². The highest BCUT2D eigenvalue weighted by Crippen LogP contribution is 2.40. The standard InChI is InChI=1S/C24H25FN4O4.C5H11N/c1-3-16-17(25)6-5-14-11-15(30)12-19(20(14)16)29-13-18-21(23(29)31)22(27-24(26-18)32-2)28-7-4-9-33-10-8-28;1-5-2-3-6-4-5/h5-6,11-12,30H,3-4,7-10,13H2,1-2H3;5-6H,2-4H2,1H3/t;5-/m.0/s1. The number of ether oxygens (including phenoxy) is 2. The van der Waals surface area contributed by atoms with Crippen LogP contribution in [0.5, 0.6) is 11.8 Å². The molecule has 0 spiro atoms. The van der Waals surface area contributed by atoms with Gasteiger partial charge in [0, 0.05) is 31.1 Å². The van der Waals surface area contributed by atoms with Crippen LogP contribution >= 0.6 is 0 Å². The van der Waals surface area contributed by atoms with E-state index in [1.807, 2.05) is 11.8 Å². The molecule has 1 amide bonds. The van der Waals surface area contributed by atoms with Crippen LogP contribution in [0, 0.1) is 11.7 Å². The highest BCUT2D eigenvalue weighted by Gasteiger charge is 2.37. The van der Waals surface area contributed by atoms with Gasteiger partial charge < -0.3 is 29.7 Å². The summed E-state index contributed by atoms with van der Waals surface area (Å²) in [5, 5.41) is 14.9. The predicted octanol–water partition coefficient (Wildman–Crippen LogP) is 4.05. The van der Waals surface area contributed by atoms with E-state index in [1.54, 1.807) is 12.1 Å². The molecule has 2 aromatic carbocycles. The maximum atomic E-state index is 14.7. The number of hydrogen-bond acceptors (Lipinski definition) is 8. The van der Waals surface area contributed by atoms with Crippen molar-refractivity contribution in [1.82, 2.24) is 15.3 Å². The molecule has 1 aromatic heterocycles. The monoisotopic (exact) mass is 537 g/mol. The molecule has 0 saturated carbocycles. The molecule has 2 N–H and O–H groups in total. The summed E-state index contributed by atoms with van der Waals surface area (Å²) in [6.07, 6.45) is 2.64. The Kier molecular flexibility index (Phi) is 8.13. The van der Waals surface area contributed by atoms with Gasteiger partial charge in [-0.25, -0.2) is 4.39 Å². The highest BCUT2D eigenvalue weighted by molar-refractivity contribution is 6.16. The lowest BCUT2D eigenvalue weighted by molar-refractivity contribution is 0.0997. The van der Waals surface area contributed by atoms with E-state index >= 15 is 0 Å². The Labute approximate surface area is 227 Å². The lowest BCUT2D eigenvalue weighted by Gasteiger charge is -2.23. The third kappa shape index (κ3) is 5.49. The number of benzene rings is 2. The zero-order valence-electron chi connectivity index (χ0n) is 22.8. The Morgan fingerprint density at radius 1 is 1.23 bits per heavy atom. The van der Waals surface area contributed by atoms with Gasteiger partial charge >= 0.3 is 6.01 Å². The second-order valence-corrected chi connectivity index (χ2v) is 10.2. The minimum Gasteiger partial charge on any atom is -0.508 e. The summed E-state index contributed by atoms with van der Waals surface area (Å²) in [5.74, 6) is 0.827. The Morgan fingerprint density at radius 3 is 2.77 bits per heavy atom. The van der Waals surface area contributed by atoms with Gasteiger partial charge in [-0.2, -0.15) is 9.97 Å². The molecular weight excluding hydrogens is 501 g/mol. The number of rotatable bonds is 4. The molecule has 6 rings (SSSR count). The van der Waals surface area contributed by atoms with Crippen molar-refractivity contribution in [2.75, 3.05) is 56.3 Å². The number of aromatic nitrogens is 2. The van der Waals surface area contributed by atoms with Crippen molar-refractivity contribution >= 4 is 28.2 Å². The number of methoxy groups -OCH3 is 1. The zero-order valence-corrected chi connectivity index (χ0v) is 22.8. The molecular formula is C29H36FN5O4. The van der Waals surface area contributed by atoms with Gasteiger partial charge in [0.15, 0.2) is 0 Å². The summed E-state index contributed by atoms with van der Waals surface area (Å²) in [4.78, 5) is 26.3. The number of halogens is 1. The summed E-state index contributed by atoms with van der Waals surface area (Å²) in [5.41, 5.74) is 1.90. The molecule has 208 valence electrons. The lowest BCUT2D eigenvalue weighted by Crippen LogP contribution is -2.30. The topological polar surface area (TPSA) is 100 Å². The summed E-state index contributed by atoms with van der Waals surface area (Å²) in [6, 6.07) is 6.28. The van der Waals surface area contributed by atoms with E-state index < -0.39 is 0 Å². The molecule has 10 heteroatoms. The maximum absolute atomic E-state index is 14.7. The second kappa shape index (κ2) is 11.7. The molecule has 9 nitrogen and oxygen atoms in total. The molecule has 0 bridgehead atoms. The highest BCUT2D eigenvalue weighted by atomic mass is 19.1. The van der Waals surface area contributed by atoms with Crippen LogP contribution in [0.2, 0.25) is 0 Å². The number of amides is 1. The number of phenolic OH excluding ortho intramolecular Hbond substituents is 1. The quantitative estimate of drug-likeness (QED) is 0.514. The van der Waals surface area contributed by atoms with Crippen molar-refractivity contribution in [2.24, 2.45) is 5.92 Å². The van der Waals surface area contributed by atoms with Crippen LogP contribution in [0.1, 0.15) is 48.3 Å². The van der Waals surface area contributed by atoms with Gasteiger partial charge in [0.2, 0.25) is 0 Å². The SMILES string of the molecule is CCc1c(F)ccc2cc(O)cc(N3Cc4nc(OC)nc(N5CCCOCC5)c4C3=O)c12.C[C@H]1CCNC1. The number of anilines is 2. The average Bonchev–Trinajstić information content (AvgIpc) is 3.43. The molecule has 2 fully saturated rings. The fourth-order valence-corrected chi connectivity index (χ4v) is 5.47. The van der Waals surface area contributed by atoms with E-state index in [1.165, 1.54) is 43.7 Å². The van der Waals surface area contributed by atoms with Crippen LogP contribution in [-0.2, 0) is 17.7 Å². The van der Waals surface area contributed by atoms with Crippen LogP contribution in [0.25, 0.3) is 10.8 Å². The number of phenols is 1. The molecule has 3 aromatic rings. The summed E-state index contributed by atoms with van der Waals surface area (Å²) < 4.78 is 25.6. The number of nitrogens with one attached hydrogen (secondary N) is 1. The van der Waals surface area contributed by atoms with Gasteiger partial charge in [-0.05, 0) is 61.4 Å². The Hall–Kier alpha value is -3.50. The van der Waals surface area contributed by atoms with Crippen molar-refractivity contribution in [3.05, 3.63) is 46.9 Å². The van der Waals surface area contributed by atoms with Crippen LogP contribution < -0.4 is 19.9 Å². The number of fused-ring (bicyclic) bond motifs is 2. The third-order valence-corrected chi connectivity index (χ3v) is 7.50. The van der Waals surface area contributed by atoms with Crippen molar-refractivity contribution in [2.45, 2.75) is 39.7 Å². The molecule has 3 aliphatic rings. The molecule has 39 heavy (non-hydrogen) atoms. The molecule has 2 saturated heterocycles. The smallest absolute Gasteiger partial charge is 0.318 e. The number of aromatic hydroxyl groups is 1. The minimum atomic E-state index is -0.340. The third-order valence-electron chi connectivity index (χ3n) is 7.50. The normalized spacial score (nSPS) is 19.1. The molecule has 4 heterocycles. The van der Waals surface area contributed by atoms with Crippen LogP contribution in [-0.4, -0.2) is 67.5 Å². The van der Waals surface area contributed by atoms with E-state index in [0.29, 0.717) is 71.8 Å². The van der Waals surface area contributed by atoms with E-state index in [2.05, 4.69) is 22.2 Å². The Bertz CT molecular complexity index is 1350. The Balaban J connectivity index is 0.000000455. The van der Waals surface area contributed by atoms with Crippen LogP contribution in [0.3, 0.4) is 0 Å². The van der Waals surface area contributed by atoms with Gasteiger partial charge in [-0.3, -0.25) is 4.79 Å². The van der Waals surface area contributed by atoms with Gasteiger partial charge in [-0.1, -0.05) is 19.9 Å². The summed E-state index contributed by atoms with van der Waals surface area (Å²) in [7, 11) is 1.49. The second-order valence-electron chi connectivity index (χ2n) is 10.2. The fourth-order valence-electron chi connectivity index (χ4n) is 5.47. The molecule has 3 aliphatic heterocycles. The van der Waals surface area contributed by atoms with Crippen molar-refractivity contribution in [1.29, 1.82) is 0 Å². The first-order valence-electron chi connectivity index (χ1n) is 13.7. The molecule has 0 unspecified atom stereocenters. The first-order valence-corrected chi connectivity index (χ1v) is 13.7. The number of hydrogen-bond donors (Lipinski definition) is 2. The molecule has 0 radical (unpaired) electrons. The summed E-state index contributed by atoms with van der Waals surface area (Å²) in [6.45, 7) is 9.27. The fraction of sp³-hybridized carbons (Fsp3) is 0.483. The first-order chi connectivity index (χ1) is 18.9. The molecule has 1 atom stereocenters. The maximum Gasteiger partial charge on any atom is 0.318 e. The van der Waals surface area contributed by atoms with E-state index in [-0.39, 0.29) is 30.0 Å². The van der Waals surface area contributed by atoms with Crippen molar-refractivity contribution < 1.29 is 23.8 Å². The average molecular weight is 538 g/mol. The van der Waals surface area contributed by atoms with E-state index in [4.69, 9.17) is 9.47 Å². The largest absolute Gasteiger partial charge is 0.508 e. The molecule has 0 aliphatic carbocycles. The number of carbonyl (C=O) groups excluding carboxylic acids is 1. The Morgan fingerprint density at radius 2 is 2.08 bits per heavy atom. The number of nitrogens with zero attached hydrogens (tertiary/aromatic N) is 4. The van der Waals surface area contributed by atoms with Gasteiger partial charge in [0.05, 0.1) is 31.6 Å². The predicted molar refractivity (Wildman–Crippen MR) is 148 cm³/mol. The van der Waals surface area contributed by atoms with Crippen molar-refractivity contribution in [3.8, 4) is 11.8 Å². The number of carbonyl (C=O) groups is 1. The van der Waals surface area contributed by atoms with Crippen LogP contribution in [0.4, 0.5) is 15.9 Å². The van der Waals surface area contributed by atoms with E-state index in [9.17, 15) is 14.3 Å². The van der Waals surface area contributed by atoms with Crippen molar-refractivity contribution in [3.63, 3.8) is 0 Å². The zero-order chi connectivity index (χ0) is 27.5. The van der Waals surface area contributed by atoms with Crippen LogP contribution in [0.15, 0.2) is 24.3 Å². The van der Waals surface area contributed by atoms with Gasteiger partial charge in [0.25, 0.3) is 5.91 Å². The minimum absolute atomic E-state index is 0.00322. The van der Waals surface area contributed by atoms with Gasteiger partial charge in [0.1, 0.15) is 22.9 Å². The number of aryl methyl sites for hydroxylation is 1. The summed E-state index contributed by atoms with van der Waals surface area (Å²) >= 11 is 0. The first kappa shape index (κ1) is 27.1.